The van der Waals surface area contributed by atoms with Gasteiger partial charge in [0.15, 0.2) is 5.65 Å². The largest absolute Gasteiger partial charge is 0.326 e. The molecule has 0 unspecified atom stereocenters. The standard InChI is InChI=1S/C22H17N5OS/c1-12-4-7-18(29-12)20-19(14-5-6-16-13(9-14)3-2-8-24-16)25-17-10-15(11-23)22(28)27-21(17)26-20/h2-10H,11,23H2,1H3,(H,26,27,28). The van der Waals surface area contributed by atoms with Gasteiger partial charge in [-0.15, -0.1) is 11.3 Å². The average molecular weight is 399 g/mol. The first-order valence-corrected chi connectivity index (χ1v) is 10.00. The van der Waals surface area contributed by atoms with Gasteiger partial charge in [0, 0.05) is 34.1 Å². The van der Waals surface area contributed by atoms with Crippen molar-refractivity contribution < 1.29 is 0 Å². The molecule has 0 aliphatic heterocycles. The van der Waals surface area contributed by atoms with Crippen LogP contribution in [0.15, 0.2) is 59.5 Å². The number of aryl methyl sites for hydroxylation is 1. The fraction of sp³-hybridized carbons (Fsp3) is 0.0909. The van der Waals surface area contributed by atoms with E-state index in [1.165, 1.54) is 4.88 Å². The van der Waals surface area contributed by atoms with Crippen LogP contribution >= 0.6 is 11.3 Å². The van der Waals surface area contributed by atoms with Crippen LogP contribution in [0, 0.1) is 6.92 Å². The lowest BCUT2D eigenvalue weighted by Gasteiger charge is -2.10. The first kappa shape index (κ1) is 17.7. The van der Waals surface area contributed by atoms with Crippen LogP contribution in [0.25, 0.3) is 43.9 Å². The number of nitrogens with zero attached hydrogens (tertiary/aromatic N) is 3. The van der Waals surface area contributed by atoms with Crippen LogP contribution in [0.5, 0.6) is 0 Å². The van der Waals surface area contributed by atoms with Gasteiger partial charge in [0.1, 0.15) is 11.2 Å². The molecule has 0 aliphatic rings. The molecule has 3 N–H and O–H groups in total. The number of fused-ring (bicyclic) bond motifs is 2. The number of aromatic amines is 1. The molecule has 0 aliphatic carbocycles. The Morgan fingerprint density at radius 1 is 1.03 bits per heavy atom. The maximum absolute atomic E-state index is 12.2. The third-order valence-electron chi connectivity index (χ3n) is 4.83. The molecule has 5 rings (SSSR count). The fourth-order valence-electron chi connectivity index (χ4n) is 3.37. The highest BCUT2D eigenvalue weighted by Crippen LogP contribution is 2.35. The van der Waals surface area contributed by atoms with Crippen LogP contribution < -0.4 is 11.3 Å². The van der Waals surface area contributed by atoms with Crippen molar-refractivity contribution in [3.8, 4) is 21.8 Å². The van der Waals surface area contributed by atoms with Crippen molar-refractivity contribution >= 4 is 33.4 Å². The number of H-pyrrole nitrogens is 1. The Labute approximate surface area is 170 Å². The molecule has 4 heterocycles. The summed E-state index contributed by atoms with van der Waals surface area (Å²) in [5, 5.41) is 1.03. The minimum atomic E-state index is -0.230. The Bertz CT molecular complexity index is 1440. The molecule has 0 bridgehead atoms. The summed E-state index contributed by atoms with van der Waals surface area (Å²) in [5.74, 6) is 0. The summed E-state index contributed by atoms with van der Waals surface area (Å²) in [6, 6.07) is 15.8. The van der Waals surface area contributed by atoms with E-state index in [9.17, 15) is 4.79 Å². The molecule has 0 saturated heterocycles. The van der Waals surface area contributed by atoms with E-state index in [2.05, 4.69) is 29.0 Å². The summed E-state index contributed by atoms with van der Waals surface area (Å²) < 4.78 is 0. The predicted molar refractivity (Wildman–Crippen MR) is 117 cm³/mol. The monoisotopic (exact) mass is 399 g/mol. The Balaban J connectivity index is 1.82. The normalized spacial score (nSPS) is 11.4. The summed E-state index contributed by atoms with van der Waals surface area (Å²) in [4.78, 5) is 31.3. The first-order chi connectivity index (χ1) is 14.1. The predicted octanol–water partition coefficient (Wildman–Crippen LogP) is 4.03. The topological polar surface area (TPSA) is 97.5 Å². The molecule has 4 aromatic heterocycles. The minimum absolute atomic E-state index is 0.149. The average Bonchev–Trinajstić information content (AvgIpc) is 3.18. The molecule has 1 aromatic carbocycles. The lowest BCUT2D eigenvalue weighted by Crippen LogP contribution is -2.16. The molecule has 29 heavy (non-hydrogen) atoms. The SMILES string of the molecule is Cc1ccc(-c2nc3[nH]c(=O)c(CN)cc3nc2-c2ccc3ncccc3c2)s1. The Morgan fingerprint density at radius 3 is 2.72 bits per heavy atom. The number of pyridine rings is 2. The van der Waals surface area contributed by atoms with Crippen LogP contribution in [-0.2, 0) is 6.54 Å². The first-order valence-electron chi connectivity index (χ1n) is 9.18. The molecule has 0 spiro atoms. The zero-order chi connectivity index (χ0) is 20.0. The maximum atomic E-state index is 12.2. The van der Waals surface area contributed by atoms with Gasteiger partial charge < -0.3 is 10.7 Å². The van der Waals surface area contributed by atoms with Crippen molar-refractivity contribution in [2.75, 3.05) is 0 Å². The van der Waals surface area contributed by atoms with Gasteiger partial charge in [0.2, 0.25) is 0 Å². The highest BCUT2D eigenvalue weighted by molar-refractivity contribution is 7.15. The van der Waals surface area contributed by atoms with E-state index in [4.69, 9.17) is 15.7 Å². The molecule has 142 valence electrons. The number of nitrogens with one attached hydrogen (secondary N) is 1. The van der Waals surface area contributed by atoms with E-state index in [1.54, 1.807) is 23.6 Å². The molecule has 0 saturated carbocycles. The van der Waals surface area contributed by atoms with E-state index >= 15 is 0 Å². The number of hydrogen-bond donors (Lipinski definition) is 2. The maximum Gasteiger partial charge on any atom is 0.254 e. The molecule has 5 aromatic rings. The number of rotatable bonds is 3. The number of nitrogens with two attached hydrogens (primary N) is 1. The van der Waals surface area contributed by atoms with E-state index < -0.39 is 0 Å². The number of benzene rings is 1. The second-order valence-corrected chi connectivity index (χ2v) is 8.09. The Hall–Kier alpha value is -3.42. The van der Waals surface area contributed by atoms with Crippen LogP contribution in [0.2, 0.25) is 0 Å². The molecule has 6 nitrogen and oxygen atoms in total. The van der Waals surface area contributed by atoms with Crippen molar-refractivity contribution in [3.63, 3.8) is 0 Å². The molecular weight excluding hydrogens is 382 g/mol. The van der Waals surface area contributed by atoms with Gasteiger partial charge in [0.05, 0.1) is 16.1 Å². The van der Waals surface area contributed by atoms with Crippen molar-refractivity contribution in [3.05, 3.63) is 75.5 Å². The zero-order valence-corrected chi connectivity index (χ0v) is 16.5. The number of aromatic nitrogens is 4. The summed E-state index contributed by atoms with van der Waals surface area (Å²) in [5.41, 5.74) is 10.4. The van der Waals surface area contributed by atoms with E-state index in [-0.39, 0.29) is 12.1 Å². The molecule has 0 amide bonds. The highest BCUT2D eigenvalue weighted by atomic mass is 32.1. The van der Waals surface area contributed by atoms with E-state index in [0.29, 0.717) is 16.7 Å². The van der Waals surface area contributed by atoms with Gasteiger partial charge in [-0.3, -0.25) is 9.78 Å². The molecule has 7 heteroatoms. The van der Waals surface area contributed by atoms with E-state index in [0.717, 1.165) is 32.7 Å². The summed E-state index contributed by atoms with van der Waals surface area (Å²) in [7, 11) is 0. The van der Waals surface area contributed by atoms with Crippen LogP contribution in [-0.4, -0.2) is 19.9 Å². The van der Waals surface area contributed by atoms with Crippen LogP contribution in [0.3, 0.4) is 0 Å². The number of thiophene rings is 1. The third kappa shape index (κ3) is 3.10. The Kier molecular flexibility index (Phi) is 4.19. The fourth-order valence-corrected chi connectivity index (χ4v) is 4.23. The van der Waals surface area contributed by atoms with Crippen LogP contribution in [0.4, 0.5) is 0 Å². The molecule has 0 fully saturated rings. The van der Waals surface area contributed by atoms with Gasteiger partial charge in [-0.05, 0) is 43.3 Å². The third-order valence-corrected chi connectivity index (χ3v) is 5.83. The van der Waals surface area contributed by atoms with Gasteiger partial charge in [-0.2, -0.15) is 0 Å². The highest BCUT2D eigenvalue weighted by Gasteiger charge is 2.16. The lowest BCUT2D eigenvalue weighted by molar-refractivity contribution is 1.02. The van der Waals surface area contributed by atoms with Crippen LogP contribution in [0.1, 0.15) is 10.4 Å². The van der Waals surface area contributed by atoms with Crippen molar-refractivity contribution in [2.45, 2.75) is 13.5 Å². The van der Waals surface area contributed by atoms with Gasteiger partial charge in [0.25, 0.3) is 5.56 Å². The second kappa shape index (κ2) is 6.88. The second-order valence-electron chi connectivity index (χ2n) is 6.80. The lowest BCUT2D eigenvalue weighted by atomic mass is 10.1. The van der Waals surface area contributed by atoms with E-state index in [1.807, 2.05) is 30.3 Å². The van der Waals surface area contributed by atoms with Gasteiger partial charge in [-0.25, -0.2) is 9.97 Å². The summed E-state index contributed by atoms with van der Waals surface area (Å²) in [6.45, 7) is 2.20. The Morgan fingerprint density at radius 2 is 1.93 bits per heavy atom. The molecule has 0 atom stereocenters. The van der Waals surface area contributed by atoms with Crippen molar-refractivity contribution in [1.29, 1.82) is 0 Å². The zero-order valence-electron chi connectivity index (χ0n) is 15.6. The smallest absolute Gasteiger partial charge is 0.254 e. The van der Waals surface area contributed by atoms with Crippen molar-refractivity contribution in [1.82, 2.24) is 19.9 Å². The van der Waals surface area contributed by atoms with Crippen molar-refractivity contribution in [2.24, 2.45) is 5.73 Å². The minimum Gasteiger partial charge on any atom is -0.326 e. The summed E-state index contributed by atoms with van der Waals surface area (Å²) >= 11 is 1.65. The quantitative estimate of drug-likeness (QED) is 0.477. The molecular formula is C22H17N5OS. The summed E-state index contributed by atoms with van der Waals surface area (Å²) in [6.07, 6.45) is 1.78. The molecule has 0 radical (unpaired) electrons. The number of hydrogen-bond acceptors (Lipinski definition) is 6. The van der Waals surface area contributed by atoms with Gasteiger partial charge in [-0.1, -0.05) is 12.1 Å². The van der Waals surface area contributed by atoms with Gasteiger partial charge >= 0.3 is 0 Å².